The van der Waals surface area contributed by atoms with Crippen molar-refractivity contribution in [2.24, 2.45) is 0 Å². The maximum Gasteiger partial charge on any atom is 0.264 e. The summed E-state index contributed by atoms with van der Waals surface area (Å²) < 4.78 is 39.5. The molecular formula is C10H11FN4O2S. The zero-order chi connectivity index (χ0) is 13.3. The highest BCUT2D eigenvalue weighted by atomic mass is 32.2. The summed E-state index contributed by atoms with van der Waals surface area (Å²) in [5, 5.41) is 0. The summed E-state index contributed by atoms with van der Waals surface area (Å²) >= 11 is 0. The molecular weight excluding hydrogens is 259 g/mol. The maximum atomic E-state index is 13.5. The maximum absolute atomic E-state index is 13.5. The van der Waals surface area contributed by atoms with Gasteiger partial charge in [-0.1, -0.05) is 0 Å². The van der Waals surface area contributed by atoms with Crippen molar-refractivity contribution < 1.29 is 12.8 Å². The van der Waals surface area contributed by atoms with E-state index in [1.54, 1.807) is 0 Å². The molecule has 0 amide bonds. The SMILES string of the molecule is Cc1c(N)cc(S(=O)(=O)Nc2ncc[nH]2)cc1F. The van der Waals surface area contributed by atoms with Crippen molar-refractivity contribution in [3.8, 4) is 0 Å². The van der Waals surface area contributed by atoms with Crippen molar-refractivity contribution >= 4 is 21.7 Å². The van der Waals surface area contributed by atoms with Gasteiger partial charge >= 0.3 is 0 Å². The molecule has 0 fully saturated rings. The summed E-state index contributed by atoms with van der Waals surface area (Å²) in [6.07, 6.45) is 2.85. The number of halogens is 1. The molecule has 0 radical (unpaired) electrons. The lowest BCUT2D eigenvalue weighted by atomic mass is 10.2. The minimum absolute atomic E-state index is 0.0505. The zero-order valence-corrected chi connectivity index (χ0v) is 10.3. The van der Waals surface area contributed by atoms with Gasteiger partial charge in [0.1, 0.15) is 5.82 Å². The Morgan fingerprint density at radius 1 is 1.44 bits per heavy atom. The van der Waals surface area contributed by atoms with E-state index in [9.17, 15) is 12.8 Å². The number of nitrogen functional groups attached to an aromatic ring is 1. The number of aromatic nitrogens is 2. The molecule has 0 spiro atoms. The Bertz CT molecular complexity index is 644. The first-order chi connectivity index (χ1) is 8.40. The van der Waals surface area contributed by atoms with Crippen molar-refractivity contribution in [1.29, 1.82) is 0 Å². The van der Waals surface area contributed by atoms with Crippen LogP contribution >= 0.6 is 0 Å². The fourth-order valence-electron chi connectivity index (χ4n) is 1.34. The van der Waals surface area contributed by atoms with Gasteiger partial charge in [-0.2, -0.15) is 0 Å². The standard InChI is InChI=1S/C10H11FN4O2S/c1-6-8(11)4-7(5-9(6)12)18(16,17)15-10-13-2-3-14-10/h2-5H,12H2,1H3,(H2,13,14,15). The second-order valence-corrected chi connectivity index (χ2v) is 5.35. The van der Waals surface area contributed by atoms with Crippen molar-refractivity contribution in [2.75, 3.05) is 10.5 Å². The Hall–Kier alpha value is -2.09. The number of anilines is 2. The van der Waals surface area contributed by atoms with Crippen LogP contribution in [-0.2, 0) is 10.0 Å². The van der Waals surface area contributed by atoms with Gasteiger partial charge in [0.25, 0.3) is 10.0 Å². The molecule has 2 aromatic rings. The van der Waals surface area contributed by atoms with Crippen molar-refractivity contribution in [3.63, 3.8) is 0 Å². The molecule has 0 aliphatic heterocycles. The number of rotatable bonds is 3. The van der Waals surface area contributed by atoms with Crippen LogP contribution in [0.1, 0.15) is 5.56 Å². The Morgan fingerprint density at radius 2 is 2.17 bits per heavy atom. The summed E-state index contributed by atoms with van der Waals surface area (Å²) in [7, 11) is -3.91. The fourth-order valence-corrected chi connectivity index (χ4v) is 2.36. The van der Waals surface area contributed by atoms with E-state index >= 15 is 0 Å². The molecule has 96 valence electrons. The zero-order valence-electron chi connectivity index (χ0n) is 9.44. The molecule has 4 N–H and O–H groups in total. The van der Waals surface area contributed by atoms with Crippen LogP contribution in [0.5, 0.6) is 0 Å². The fraction of sp³-hybridized carbons (Fsp3) is 0.100. The number of imidazole rings is 1. The van der Waals surface area contributed by atoms with E-state index < -0.39 is 15.8 Å². The van der Waals surface area contributed by atoms with Gasteiger partial charge in [-0.15, -0.1) is 0 Å². The molecule has 0 atom stereocenters. The number of benzene rings is 1. The van der Waals surface area contributed by atoms with Crippen LogP contribution in [0.2, 0.25) is 0 Å². The molecule has 2 rings (SSSR count). The van der Waals surface area contributed by atoms with Gasteiger partial charge in [-0.05, 0) is 19.1 Å². The van der Waals surface area contributed by atoms with E-state index in [1.165, 1.54) is 25.4 Å². The average molecular weight is 270 g/mol. The van der Waals surface area contributed by atoms with E-state index in [1.807, 2.05) is 0 Å². The molecule has 1 aromatic carbocycles. The second kappa shape index (κ2) is 4.30. The highest BCUT2D eigenvalue weighted by Gasteiger charge is 2.18. The number of nitrogens with two attached hydrogens (primary N) is 1. The highest BCUT2D eigenvalue weighted by Crippen LogP contribution is 2.22. The first kappa shape index (κ1) is 12.4. The van der Waals surface area contributed by atoms with Gasteiger partial charge in [0, 0.05) is 23.6 Å². The van der Waals surface area contributed by atoms with Crippen molar-refractivity contribution in [1.82, 2.24) is 9.97 Å². The van der Waals surface area contributed by atoms with Crippen LogP contribution < -0.4 is 10.5 Å². The molecule has 0 bridgehead atoms. The summed E-state index contributed by atoms with van der Waals surface area (Å²) in [5.41, 5.74) is 5.83. The first-order valence-electron chi connectivity index (χ1n) is 4.98. The van der Waals surface area contributed by atoms with E-state index in [0.717, 1.165) is 6.07 Å². The summed E-state index contributed by atoms with van der Waals surface area (Å²) in [6, 6.07) is 2.11. The topological polar surface area (TPSA) is 101 Å². The number of nitrogens with one attached hydrogen (secondary N) is 2. The molecule has 0 saturated heterocycles. The van der Waals surface area contributed by atoms with Gasteiger partial charge in [0.2, 0.25) is 5.95 Å². The lowest BCUT2D eigenvalue weighted by molar-refractivity contribution is 0.593. The van der Waals surface area contributed by atoms with Crippen molar-refractivity contribution in [2.45, 2.75) is 11.8 Å². The van der Waals surface area contributed by atoms with Crippen LogP contribution in [-0.4, -0.2) is 18.4 Å². The van der Waals surface area contributed by atoms with Crippen LogP contribution in [0.15, 0.2) is 29.4 Å². The number of nitrogens with zero attached hydrogens (tertiary/aromatic N) is 1. The van der Waals surface area contributed by atoms with Gasteiger partial charge in [-0.25, -0.2) is 22.5 Å². The lowest BCUT2D eigenvalue weighted by Crippen LogP contribution is -2.15. The summed E-state index contributed by atoms with van der Waals surface area (Å²) in [6.45, 7) is 1.47. The van der Waals surface area contributed by atoms with Crippen LogP contribution in [0.3, 0.4) is 0 Å². The smallest absolute Gasteiger partial charge is 0.264 e. The first-order valence-corrected chi connectivity index (χ1v) is 6.46. The third-order valence-electron chi connectivity index (χ3n) is 2.40. The number of hydrogen-bond donors (Lipinski definition) is 3. The predicted molar refractivity (Wildman–Crippen MR) is 64.9 cm³/mol. The number of hydrogen-bond acceptors (Lipinski definition) is 4. The molecule has 8 heteroatoms. The Balaban J connectivity index is 2.42. The number of sulfonamides is 1. The van der Waals surface area contributed by atoms with E-state index in [4.69, 9.17) is 5.73 Å². The summed E-state index contributed by atoms with van der Waals surface area (Å²) in [5.74, 6) is -0.621. The predicted octanol–water partition coefficient (Wildman–Crippen LogP) is 1.24. The van der Waals surface area contributed by atoms with Gasteiger partial charge in [-0.3, -0.25) is 0 Å². The van der Waals surface area contributed by atoms with Crippen LogP contribution in [0.4, 0.5) is 16.0 Å². The monoisotopic (exact) mass is 270 g/mol. The van der Waals surface area contributed by atoms with Gasteiger partial charge in [0.05, 0.1) is 4.90 Å². The second-order valence-electron chi connectivity index (χ2n) is 3.66. The minimum atomic E-state index is -3.91. The Labute approximate surface area is 103 Å². The molecule has 0 saturated carbocycles. The van der Waals surface area contributed by atoms with Crippen LogP contribution in [0.25, 0.3) is 0 Å². The minimum Gasteiger partial charge on any atom is -0.398 e. The third-order valence-corrected chi connectivity index (χ3v) is 3.72. The molecule has 6 nitrogen and oxygen atoms in total. The van der Waals surface area contributed by atoms with E-state index in [2.05, 4.69) is 14.7 Å². The van der Waals surface area contributed by atoms with Crippen molar-refractivity contribution in [3.05, 3.63) is 35.9 Å². The molecule has 1 aromatic heterocycles. The Kier molecular flexibility index (Phi) is 2.95. The van der Waals surface area contributed by atoms with Gasteiger partial charge < -0.3 is 10.7 Å². The third kappa shape index (κ3) is 2.28. The number of H-pyrrole nitrogens is 1. The largest absolute Gasteiger partial charge is 0.398 e. The molecule has 1 heterocycles. The van der Waals surface area contributed by atoms with E-state index in [0.29, 0.717) is 0 Å². The quantitative estimate of drug-likeness (QED) is 0.730. The van der Waals surface area contributed by atoms with E-state index in [-0.39, 0.29) is 22.1 Å². The van der Waals surface area contributed by atoms with Gasteiger partial charge in [0.15, 0.2) is 0 Å². The summed E-state index contributed by atoms with van der Waals surface area (Å²) in [4.78, 5) is 6.05. The molecule has 0 aliphatic rings. The Morgan fingerprint density at radius 3 is 2.72 bits per heavy atom. The molecule has 0 aliphatic carbocycles. The van der Waals surface area contributed by atoms with Crippen LogP contribution in [0, 0.1) is 12.7 Å². The lowest BCUT2D eigenvalue weighted by Gasteiger charge is -2.08. The molecule has 0 unspecified atom stereocenters. The normalized spacial score (nSPS) is 11.4. The average Bonchev–Trinajstić information content (AvgIpc) is 2.77. The highest BCUT2D eigenvalue weighted by molar-refractivity contribution is 7.92. The number of aromatic amines is 1. The molecule has 18 heavy (non-hydrogen) atoms.